The Labute approximate surface area is 89.3 Å². The molecule has 2 unspecified atom stereocenters. The maximum atomic E-state index is 11.1. The quantitative estimate of drug-likeness (QED) is 0.727. The van der Waals surface area contributed by atoms with Gasteiger partial charge in [0, 0.05) is 40.9 Å². The SMILES string of the molecule is CC(CNC1CCC(N)CC1)S(C)=O. The van der Waals surface area contributed by atoms with Crippen LogP contribution >= 0.6 is 0 Å². The molecular weight excluding hydrogens is 196 g/mol. The minimum atomic E-state index is -0.709. The largest absolute Gasteiger partial charge is 0.328 e. The molecule has 0 heterocycles. The van der Waals surface area contributed by atoms with Crippen LogP contribution in [0.1, 0.15) is 32.6 Å². The molecule has 3 nitrogen and oxygen atoms in total. The zero-order chi connectivity index (χ0) is 10.6. The number of nitrogens with two attached hydrogens (primary N) is 1. The molecule has 0 bridgehead atoms. The van der Waals surface area contributed by atoms with Crippen LogP contribution in [-0.4, -0.2) is 34.3 Å². The summed E-state index contributed by atoms with van der Waals surface area (Å²) in [7, 11) is -0.709. The van der Waals surface area contributed by atoms with E-state index in [0.717, 1.165) is 19.4 Å². The first kappa shape index (κ1) is 12.1. The van der Waals surface area contributed by atoms with Crippen molar-refractivity contribution in [3.63, 3.8) is 0 Å². The highest BCUT2D eigenvalue weighted by Crippen LogP contribution is 2.16. The Hall–Kier alpha value is 0.0700. The molecular formula is C10H22N2OS. The van der Waals surface area contributed by atoms with Crippen LogP contribution in [0.2, 0.25) is 0 Å². The van der Waals surface area contributed by atoms with E-state index in [1.807, 2.05) is 6.92 Å². The molecule has 0 amide bonds. The van der Waals surface area contributed by atoms with E-state index in [9.17, 15) is 4.21 Å². The van der Waals surface area contributed by atoms with Crippen molar-refractivity contribution in [3.05, 3.63) is 0 Å². The van der Waals surface area contributed by atoms with Crippen molar-refractivity contribution in [1.29, 1.82) is 0 Å². The Morgan fingerprint density at radius 2 is 2.00 bits per heavy atom. The van der Waals surface area contributed by atoms with Gasteiger partial charge in [-0.3, -0.25) is 4.21 Å². The van der Waals surface area contributed by atoms with E-state index in [0.29, 0.717) is 12.1 Å². The fraction of sp³-hybridized carbons (Fsp3) is 1.00. The Balaban J connectivity index is 2.16. The van der Waals surface area contributed by atoms with Crippen LogP contribution in [-0.2, 0) is 10.8 Å². The molecule has 0 spiro atoms. The molecule has 1 aliphatic rings. The standard InChI is InChI=1S/C10H22N2OS/c1-8(14(2)13)7-12-10-5-3-9(11)4-6-10/h8-10,12H,3-7,11H2,1-2H3. The van der Waals surface area contributed by atoms with Gasteiger partial charge in [0.1, 0.15) is 0 Å². The van der Waals surface area contributed by atoms with Gasteiger partial charge in [0.2, 0.25) is 0 Å². The molecule has 1 saturated carbocycles. The van der Waals surface area contributed by atoms with Gasteiger partial charge in [0.05, 0.1) is 0 Å². The van der Waals surface area contributed by atoms with E-state index in [1.165, 1.54) is 12.8 Å². The molecule has 0 radical (unpaired) electrons. The van der Waals surface area contributed by atoms with Crippen LogP contribution in [0.5, 0.6) is 0 Å². The topological polar surface area (TPSA) is 55.1 Å². The lowest BCUT2D eigenvalue weighted by Crippen LogP contribution is -2.40. The van der Waals surface area contributed by atoms with Gasteiger partial charge < -0.3 is 11.1 Å². The van der Waals surface area contributed by atoms with Crippen molar-refractivity contribution >= 4 is 10.8 Å². The molecule has 0 aliphatic heterocycles. The summed E-state index contributed by atoms with van der Waals surface area (Å²) in [6.07, 6.45) is 6.36. The molecule has 1 rings (SSSR count). The first-order valence-electron chi connectivity index (χ1n) is 5.40. The Bertz CT molecular complexity index is 191. The maximum absolute atomic E-state index is 11.1. The number of hydrogen-bond acceptors (Lipinski definition) is 3. The summed E-state index contributed by atoms with van der Waals surface area (Å²) in [5.41, 5.74) is 5.82. The molecule has 2 atom stereocenters. The van der Waals surface area contributed by atoms with Gasteiger partial charge >= 0.3 is 0 Å². The summed E-state index contributed by atoms with van der Waals surface area (Å²) < 4.78 is 11.1. The van der Waals surface area contributed by atoms with Gasteiger partial charge in [-0.1, -0.05) is 0 Å². The molecule has 0 aromatic heterocycles. The second-order valence-electron chi connectivity index (χ2n) is 4.33. The lowest BCUT2D eigenvalue weighted by Gasteiger charge is -2.27. The van der Waals surface area contributed by atoms with Crippen molar-refractivity contribution in [2.24, 2.45) is 5.73 Å². The minimum absolute atomic E-state index is 0.255. The molecule has 1 aliphatic carbocycles. The molecule has 84 valence electrons. The number of hydrogen-bond donors (Lipinski definition) is 2. The van der Waals surface area contributed by atoms with Crippen LogP contribution in [0, 0.1) is 0 Å². The van der Waals surface area contributed by atoms with Gasteiger partial charge in [-0.2, -0.15) is 0 Å². The van der Waals surface area contributed by atoms with Crippen molar-refractivity contribution < 1.29 is 4.21 Å². The molecule has 3 N–H and O–H groups in total. The summed E-state index contributed by atoms with van der Waals surface area (Å²) in [6, 6.07) is 1.01. The predicted molar refractivity (Wildman–Crippen MR) is 61.8 cm³/mol. The monoisotopic (exact) mass is 218 g/mol. The third-order valence-electron chi connectivity index (χ3n) is 3.03. The van der Waals surface area contributed by atoms with Crippen molar-refractivity contribution in [3.8, 4) is 0 Å². The maximum Gasteiger partial charge on any atom is 0.0441 e. The van der Waals surface area contributed by atoms with Gasteiger partial charge in [0.25, 0.3) is 0 Å². The first-order chi connectivity index (χ1) is 6.59. The molecule has 4 heteroatoms. The predicted octanol–water partition coefficient (Wildman–Crippen LogP) is 0.613. The first-order valence-corrected chi connectivity index (χ1v) is 7.03. The van der Waals surface area contributed by atoms with Crippen molar-refractivity contribution in [2.75, 3.05) is 12.8 Å². The fourth-order valence-electron chi connectivity index (χ4n) is 1.77. The molecule has 0 aromatic carbocycles. The van der Waals surface area contributed by atoms with E-state index in [2.05, 4.69) is 5.32 Å². The fourth-order valence-corrected chi connectivity index (χ4v) is 2.10. The summed E-state index contributed by atoms with van der Waals surface area (Å²) in [5.74, 6) is 0. The van der Waals surface area contributed by atoms with E-state index in [4.69, 9.17) is 5.73 Å². The highest BCUT2D eigenvalue weighted by Gasteiger charge is 2.18. The van der Waals surface area contributed by atoms with E-state index < -0.39 is 10.8 Å². The Morgan fingerprint density at radius 1 is 1.43 bits per heavy atom. The summed E-state index contributed by atoms with van der Waals surface area (Å²) in [4.78, 5) is 0. The van der Waals surface area contributed by atoms with Crippen LogP contribution in [0.25, 0.3) is 0 Å². The van der Waals surface area contributed by atoms with Gasteiger partial charge in [0.15, 0.2) is 0 Å². The third-order valence-corrected chi connectivity index (χ3v) is 4.33. The second-order valence-corrected chi connectivity index (χ2v) is 6.13. The average Bonchev–Trinajstić information content (AvgIpc) is 2.16. The van der Waals surface area contributed by atoms with Gasteiger partial charge in [-0.15, -0.1) is 0 Å². The lowest BCUT2D eigenvalue weighted by atomic mass is 9.92. The van der Waals surface area contributed by atoms with E-state index in [-0.39, 0.29) is 5.25 Å². The van der Waals surface area contributed by atoms with Crippen molar-refractivity contribution in [2.45, 2.75) is 49.9 Å². The number of rotatable bonds is 4. The highest BCUT2D eigenvalue weighted by molar-refractivity contribution is 7.84. The third kappa shape index (κ3) is 4.07. The Morgan fingerprint density at radius 3 is 2.50 bits per heavy atom. The smallest absolute Gasteiger partial charge is 0.0441 e. The molecule has 14 heavy (non-hydrogen) atoms. The Kier molecular flexibility index (Phi) is 5.06. The van der Waals surface area contributed by atoms with E-state index >= 15 is 0 Å². The van der Waals surface area contributed by atoms with Gasteiger partial charge in [-0.05, 0) is 32.6 Å². The van der Waals surface area contributed by atoms with Crippen LogP contribution in [0.15, 0.2) is 0 Å². The summed E-state index contributed by atoms with van der Waals surface area (Å²) >= 11 is 0. The summed E-state index contributed by atoms with van der Waals surface area (Å²) in [6.45, 7) is 2.89. The minimum Gasteiger partial charge on any atom is -0.328 e. The number of nitrogens with one attached hydrogen (secondary N) is 1. The van der Waals surface area contributed by atoms with E-state index in [1.54, 1.807) is 6.26 Å². The zero-order valence-corrected chi connectivity index (χ0v) is 9.98. The summed E-state index contributed by atoms with van der Waals surface area (Å²) in [5, 5.41) is 3.73. The zero-order valence-electron chi connectivity index (χ0n) is 9.16. The molecule has 0 aromatic rings. The highest BCUT2D eigenvalue weighted by atomic mass is 32.2. The average molecular weight is 218 g/mol. The molecule has 0 saturated heterocycles. The van der Waals surface area contributed by atoms with Crippen LogP contribution in [0.4, 0.5) is 0 Å². The van der Waals surface area contributed by atoms with Crippen LogP contribution < -0.4 is 11.1 Å². The normalized spacial score (nSPS) is 32.5. The molecule has 1 fully saturated rings. The second kappa shape index (κ2) is 5.83. The van der Waals surface area contributed by atoms with Crippen molar-refractivity contribution in [1.82, 2.24) is 5.32 Å². The van der Waals surface area contributed by atoms with Crippen LogP contribution in [0.3, 0.4) is 0 Å². The van der Waals surface area contributed by atoms with Gasteiger partial charge in [-0.25, -0.2) is 0 Å². The lowest BCUT2D eigenvalue weighted by molar-refractivity contribution is 0.344.